The van der Waals surface area contributed by atoms with Crippen molar-refractivity contribution in [3.8, 4) is 5.69 Å². The van der Waals surface area contributed by atoms with Crippen molar-refractivity contribution in [1.82, 2.24) is 35.1 Å². The third kappa shape index (κ3) is 8.63. The number of nitrogen functional groups attached to an aromatic ring is 1. The van der Waals surface area contributed by atoms with Gasteiger partial charge >= 0.3 is 0 Å². The second-order valence-corrected chi connectivity index (χ2v) is 13.0. The summed E-state index contributed by atoms with van der Waals surface area (Å²) in [6, 6.07) is 7.08. The number of nitrogens with two attached hydrogens (primary N) is 1. The fourth-order valence-electron chi connectivity index (χ4n) is 6.79. The van der Waals surface area contributed by atoms with Gasteiger partial charge in [-0.2, -0.15) is 0 Å². The first kappa shape index (κ1) is 34.9. The maximum Gasteiger partial charge on any atom is 0.281 e. The molecule has 4 N–H and O–H groups in total. The first-order valence-corrected chi connectivity index (χ1v) is 17.3. The van der Waals surface area contributed by atoms with Crippen LogP contribution in [0.25, 0.3) is 5.69 Å². The molecule has 1 aromatic carbocycles. The first-order chi connectivity index (χ1) is 23.8. The highest BCUT2D eigenvalue weighted by molar-refractivity contribution is 6.32. The normalized spacial score (nSPS) is 18.2. The molecule has 0 radical (unpaired) electrons. The maximum absolute atomic E-state index is 13.9. The number of benzene rings is 1. The van der Waals surface area contributed by atoms with E-state index in [2.05, 4.69) is 40.6 Å². The van der Waals surface area contributed by atoms with E-state index in [1.54, 1.807) is 6.07 Å². The molecule has 4 heterocycles. The lowest BCUT2D eigenvalue weighted by atomic mass is 9.94. The monoisotopic (exact) mass is 700 g/mol. The third-order valence-electron chi connectivity index (χ3n) is 9.49. The predicted molar refractivity (Wildman–Crippen MR) is 183 cm³/mol. The summed E-state index contributed by atoms with van der Waals surface area (Å²) in [5, 5.41) is 13.6. The number of carbonyl (C=O) groups excluding carboxylic acids is 2. The fourth-order valence-corrected chi connectivity index (χ4v) is 6.93. The zero-order chi connectivity index (χ0) is 34.3. The molecule has 0 atom stereocenters. The Balaban J connectivity index is 1.19. The summed E-state index contributed by atoms with van der Waals surface area (Å²) in [5.41, 5.74) is 6.41. The first-order valence-electron chi connectivity index (χ1n) is 17.0. The van der Waals surface area contributed by atoms with E-state index in [1.165, 1.54) is 43.0 Å². The van der Waals surface area contributed by atoms with Crippen LogP contribution in [-0.4, -0.2) is 113 Å². The number of hydrogen-bond donors (Lipinski definition) is 3. The topological polar surface area (TPSA) is 147 Å². The Morgan fingerprint density at radius 3 is 2.51 bits per heavy atom. The predicted octanol–water partition coefficient (Wildman–Crippen LogP) is 3.99. The van der Waals surface area contributed by atoms with Gasteiger partial charge in [0.15, 0.2) is 10.8 Å². The van der Waals surface area contributed by atoms with Gasteiger partial charge in [0.2, 0.25) is 0 Å². The molecule has 2 aliphatic heterocycles. The van der Waals surface area contributed by atoms with Crippen LogP contribution in [-0.2, 0) is 4.74 Å². The molecule has 1 saturated carbocycles. The van der Waals surface area contributed by atoms with E-state index in [9.17, 15) is 18.4 Å². The molecule has 13 nitrogen and oxygen atoms in total. The molecule has 3 fully saturated rings. The highest BCUT2D eigenvalue weighted by atomic mass is 35.5. The number of anilines is 3. The number of ether oxygens (including phenoxy) is 1. The van der Waals surface area contributed by atoms with Crippen molar-refractivity contribution in [2.24, 2.45) is 0 Å². The Kier molecular flexibility index (Phi) is 11.5. The Morgan fingerprint density at radius 1 is 1.02 bits per heavy atom. The van der Waals surface area contributed by atoms with Crippen molar-refractivity contribution < 1.29 is 23.1 Å². The molecular formula is C33H43ClF2N10O3. The quantitative estimate of drug-likeness (QED) is 0.198. The van der Waals surface area contributed by atoms with Gasteiger partial charge < -0.3 is 26.0 Å². The SMILES string of the molecule is Nc1cc(C(=O)Nc2cc(-n3cc(C(=O)NCCCN4CCOCC4)nn3)ccc2N2CCN(C3CCCCC3)CC2)c(C(F)F)nc1Cl. The minimum Gasteiger partial charge on any atom is -0.396 e. The summed E-state index contributed by atoms with van der Waals surface area (Å²) >= 11 is 5.91. The van der Waals surface area contributed by atoms with Gasteiger partial charge in [-0.3, -0.25) is 19.4 Å². The number of hydrogen-bond acceptors (Lipinski definition) is 10. The van der Waals surface area contributed by atoms with Crippen LogP contribution in [0.5, 0.6) is 0 Å². The number of halogens is 3. The molecule has 49 heavy (non-hydrogen) atoms. The molecule has 264 valence electrons. The summed E-state index contributed by atoms with van der Waals surface area (Å²) in [4.78, 5) is 37.1. The zero-order valence-corrected chi connectivity index (χ0v) is 28.2. The smallest absolute Gasteiger partial charge is 0.281 e. The second-order valence-electron chi connectivity index (χ2n) is 12.7. The second kappa shape index (κ2) is 16.2. The third-order valence-corrected chi connectivity index (χ3v) is 9.79. The van der Waals surface area contributed by atoms with E-state index in [1.807, 2.05) is 12.1 Å². The summed E-state index contributed by atoms with van der Waals surface area (Å²) in [5.74, 6) is -1.15. The standard InChI is InChI=1S/C33H43ClF2N10O3/c34-30-25(37)20-24(29(40-30)31(35)36)32(47)39-26-19-23(7-8-28(26)45-13-11-44(12-14-45)22-5-2-1-3-6-22)46-21-27(41-42-46)33(48)38-9-4-10-43-15-17-49-18-16-43/h7-8,19-22,31H,1-6,9-18,37H2,(H,38,48)(H,39,47). The van der Waals surface area contributed by atoms with Crippen LogP contribution in [0.3, 0.4) is 0 Å². The van der Waals surface area contributed by atoms with Crippen LogP contribution in [0, 0.1) is 0 Å². The molecule has 1 aliphatic carbocycles. The Bertz CT molecular complexity index is 1610. The van der Waals surface area contributed by atoms with Crippen LogP contribution in [0.4, 0.5) is 25.8 Å². The van der Waals surface area contributed by atoms with Crippen molar-refractivity contribution >= 4 is 40.5 Å². The molecule has 3 aliphatic rings. The van der Waals surface area contributed by atoms with Crippen LogP contribution < -0.4 is 21.3 Å². The van der Waals surface area contributed by atoms with Crippen molar-refractivity contribution in [2.75, 3.05) is 81.5 Å². The average molecular weight is 701 g/mol. The Labute approximate surface area is 289 Å². The lowest BCUT2D eigenvalue weighted by Crippen LogP contribution is -2.51. The number of piperazine rings is 1. The van der Waals surface area contributed by atoms with Crippen LogP contribution >= 0.6 is 11.6 Å². The average Bonchev–Trinajstić information content (AvgIpc) is 3.63. The van der Waals surface area contributed by atoms with Crippen molar-refractivity contribution in [1.29, 1.82) is 0 Å². The van der Waals surface area contributed by atoms with E-state index >= 15 is 0 Å². The Morgan fingerprint density at radius 2 is 1.78 bits per heavy atom. The molecule has 2 aromatic heterocycles. The van der Waals surface area contributed by atoms with E-state index in [4.69, 9.17) is 22.1 Å². The molecule has 2 amide bonds. The minimum absolute atomic E-state index is 0.0847. The molecule has 16 heteroatoms. The van der Waals surface area contributed by atoms with Gasteiger partial charge in [-0.05, 0) is 50.1 Å². The Hall–Kier alpha value is -3.92. The number of alkyl halides is 2. The van der Waals surface area contributed by atoms with Gasteiger partial charge in [-0.25, -0.2) is 18.4 Å². The molecule has 0 unspecified atom stereocenters. The zero-order valence-electron chi connectivity index (χ0n) is 27.4. The van der Waals surface area contributed by atoms with Gasteiger partial charge in [0.25, 0.3) is 18.2 Å². The van der Waals surface area contributed by atoms with Crippen molar-refractivity contribution in [3.05, 3.63) is 52.6 Å². The lowest BCUT2D eigenvalue weighted by molar-refractivity contribution is 0.0374. The van der Waals surface area contributed by atoms with Crippen molar-refractivity contribution in [2.45, 2.75) is 51.0 Å². The van der Waals surface area contributed by atoms with Crippen LogP contribution in [0.2, 0.25) is 5.15 Å². The van der Waals surface area contributed by atoms with Crippen LogP contribution in [0.1, 0.15) is 71.5 Å². The van der Waals surface area contributed by atoms with Gasteiger partial charge in [-0.1, -0.05) is 36.1 Å². The summed E-state index contributed by atoms with van der Waals surface area (Å²) in [6.45, 7) is 7.80. The van der Waals surface area contributed by atoms with Crippen LogP contribution in [0.15, 0.2) is 30.5 Å². The molecular weight excluding hydrogens is 658 g/mol. The molecule has 2 saturated heterocycles. The summed E-state index contributed by atoms with van der Waals surface area (Å²) < 4.78 is 34.7. The fraction of sp³-hybridized carbons (Fsp3) is 0.545. The summed E-state index contributed by atoms with van der Waals surface area (Å²) in [7, 11) is 0. The molecule has 3 aromatic rings. The molecule has 0 bridgehead atoms. The highest BCUT2D eigenvalue weighted by Gasteiger charge is 2.28. The highest BCUT2D eigenvalue weighted by Crippen LogP contribution is 2.33. The molecule has 6 rings (SSSR count). The number of pyridine rings is 1. The van der Waals surface area contributed by atoms with E-state index in [-0.39, 0.29) is 28.0 Å². The minimum atomic E-state index is -3.04. The number of morpholine rings is 1. The van der Waals surface area contributed by atoms with Gasteiger partial charge in [-0.15, -0.1) is 5.10 Å². The number of amides is 2. The van der Waals surface area contributed by atoms with Gasteiger partial charge in [0.1, 0.15) is 5.69 Å². The van der Waals surface area contributed by atoms with Crippen molar-refractivity contribution in [3.63, 3.8) is 0 Å². The van der Waals surface area contributed by atoms with E-state index < -0.39 is 18.0 Å². The molecule has 0 spiro atoms. The number of carbonyl (C=O) groups is 2. The largest absolute Gasteiger partial charge is 0.396 e. The van der Waals surface area contributed by atoms with E-state index in [0.717, 1.165) is 77.2 Å². The van der Waals surface area contributed by atoms with Gasteiger partial charge in [0.05, 0.1) is 47.7 Å². The lowest BCUT2D eigenvalue weighted by Gasteiger charge is -2.42. The summed E-state index contributed by atoms with van der Waals surface area (Å²) in [6.07, 6.45) is 5.50. The maximum atomic E-state index is 13.9. The van der Waals surface area contributed by atoms with E-state index in [0.29, 0.717) is 24.0 Å². The van der Waals surface area contributed by atoms with Gasteiger partial charge in [0, 0.05) is 51.9 Å². The number of nitrogens with zero attached hydrogens (tertiary/aromatic N) is 7. The number of nitrogens with one attached hydrogen (secondary N) is 2. The number of rotatable bonds is 11. The number of aromatic nitrogens is 4.